The number of carbonyl (C=O) groups is 1. The van der Waals surface area contributed by atoms with E-state index in [0.717, 1.165) is 39.9 Å². The fourth-order valence-electron chi connectivity index (χ4n) is 3.90. The molecule has 2 aromatic carbocycles. The summed E-state index contributed by atoms with van der Waals surface area (Å²) in [6.07, 6.45) is 3.61. The summed E-state index contributed by atoms with van der Waals surface area (Å²) in [5.74, 6) is 2.17. The molecule has 1 saturated heterocycles. The third kappa shape index (κ3) is 5.98. The van der Waals surface area contributed by atoms with Gasteiger partial charge in [0, 0.05) is 65.5 Å². The van der Waals surface area contributed by atoms with Crippen molar-refractivity contribution in [1.29, 1.82) is 5.26 Å². The molecule has 5 nitrogen and oxygen atoms in total. The minimum Gasteiger partial charge on any atom is -0.417 e. The molecular formula is C25H23BN3O2SU-. The molecule has 1 fully saturated rings. The van der Waals surface area contributed by atoms with Crippen LogP contribution in [0.4, 0.5) is 5.69 Å². The van der Waals surface area contributed by atoms with Crippen LogP contribution in [-0.4, -0.2) is 24.9 Å². The second-order valence-corrected chi connectivity index (χ2v) is 9.34. The third-order valence-corrected chi connectivity index (χ3v) is 6.93. The predicted molar refractivity (Wildman–Crippen MR) is 130 cm³/mol. The number of carbonyl (C=O) groups excluding carboxylic acids is 2. The summed E-state index contributed by atoms with van der Waals surface area (Å²) < 4.78 is 0. The van der Waals surface area contributed by atoms with Crippen molar-refractivity contribution >= 4 is 35.9 Å². The molecule has 1 aliphatic heterocycles. The van der Waals surface area contributed by atoms with Crippen LogP contribution in [0.3, 0.4) is 0 Å². The largest absolute Gasteiger partial charge is 0.417 e. The van der Waals surface area contributed by atoms with Gasteiger partial charge in [-0.25, -0.2) is 5.26 Å². The maximum Gasteiger partial charge on any atom is 0.271 e. The van der Waals surface area contributed by atoms with Crippen LogP contribution in [0.1, 0.15) is 39.3 Å². The second-order valence-electron chi connectivity index (χ2n) is 8.25. The predicted octanol–water partition coefficient (Wildman–Crippen LogP) is 5.02. The minimum absolute atomic E-state index is 0. The van der Waals surface area contributed by atoms with E-state index in [0.29, 0.717) is 10.4 Å². The maximum absolute atomic E-state index is 13.0. The van der Waals surface area contributed by atoms with Crippen LogP contribution in [0.2, 0.25) is 12.6 Å². The van der Waals surface area contributed by atoms with E-state index in [1.54, 1.807) is 6.07 Å². The number of anilines is 1. The fourth-order valence-corrected chi connectivity index (χ4v) is 4.70. The molecule has 3 aromatic rings. The van der Waals surface area contributed by atoms with Crippen molar-refractivity contribution in [3.8, 4) is 16.4 Å². The molecule has 2 heterocycles. The van der Waals surface area contributed by atoms with E-state index in [-0.39, 0.29) is 55.8 Å². The quantitative estimate of drug-likeness (QED) is 0.272. The van der Waals surface area contributed by atoms with Crippen molar-refractivity contribution < 1.29 is 40.7 Å². The van der Waals surface area contributed by atoms with E-state index < -0.39 is 0 Å². The number of rotatable bonds is 7. The van der Waals surface area contributed by atoms with Gasteiger partial charge in [-0.3, -0.25) is 4.79 Å². The van der Waals surface area contributed by atoms with E-state index in [4.69, 9.17) is 5.26 Å². The summed E-state index contributed by atoms with van der Waals surface area (Å²) in [5, 5.41) is 15.5. The number of hydrogen-bond acceptors (Lipinski definition) is 5. The molecule has 0 bridgehead atoms. The second kappa shape index (κ2) is 11.2. The van der Waals surface area contributed by atoms with Gasteiger partial charge in [0.05, 0.1) is 6.04 Å². The first-order valence-electron chi connectivity index (χ1n) is 10.6. The SMILES string of the molecule is Cc1ccc(NC2CB(C#N)C2)cc1C(=O)NC(C)c1cccc(-c2ccc([C-]=O)s2)c1.[U]. The first-order valence-corrected chi connectivity index (χ1v) is 11.4. The molecule has 1 unspecified atom stereocenters. The van der Waals surface area contributed by atoms with Gasteiger partial charge in [-0.2, -0.15) is 17.4 Å². The molecule has 1 aliphatic rings. The summed E-state index contributed by atoms with van der Waals surface area (Å²) in [6.45, 7) is 4.02. The zero-order valence-electron chi connectivity index (χ0n) is 18.5. The van der Waals surface area contributed by atoms with E-state index in [9.17, 15) is 9.59 Å². The number of benzene rings is 2. The molecule has 0 spiro atoms. The van der Waals surface area contributed by atoms with Gasteiger partial charge in [0.15, 0.2) is 0 Å². The summed E-state index contributed by atoms with van der Waals surface area (Å²) in [7, 11) is 0. The zero-order valence-corrected chi connectivity index (χ0v) is 23.5. The van der Waals surface area contributed by atoms with Gasteiger partial charge in [-0.1, -0.05) is 24.3 Å². The molecule has 1 aromatic heterocycles. The molecule has 0 aliphatic carbocycles. The number of aryl methyl sites for hydroxylation is 1. The number of amides is 1. The molecule has 4 rings (SSSR count). The Balaban J connectivity index is 0.00000306. The van der Waals surface area contributed by atoms with Gasteiger partial charge in [0.25, 0.3) is 12.6 Å². The molecule has 8 heteroatoms. The van der Waals surface area contributed by atoms with Crippen molar-refractivity contribution in [1.82, 2.24) is 5.32 Å². The normalized spacial score (nSPS) is 13.8. The van der Waals surface area contributed by atoms with Gasteiger partial charge in [-0.15, -0.1) is 10.9 Å². The van der Waals surface area contributed by atoms with E-state index in [1.165, 1.54) is 11.3 Å². The Hall–Kier alpha value is -2.31. The molecule has 33 heavy (non-hydrogen) atoms. The zero-order chi connectivity index (χ0) is 22.7. The van der Waals surface area contributed by atoms with Crippen molar-refractivity contribution in [2.75, 3.05) is 5.32 Å². The van der Waals surface area contributed by atoms with Crippen LogP contribution >= 0.6 is 11.3 Å². The summed E-state index contributed by atoms with van der Waals surface area (Å²) in [6, 6.07) is 17.6. The molecule has 1 amide bonds. The Bertz CT molecular complexity index is 1200. The molecule has 1 atom stereocenters. The van der Waals surface area contributed by atoms with E-state index in [1.807, 2.05) is 68.7 Å². The van der Waals surface area contributed by atoms with Gasteiger partial charge in [-0.05, 0) is 61.4 Å². The van der Waals surface area contributed by atoms with Crippen LogP contribution < -0.4 is 10.6 Å². The van der Waals surface area contributed by atoms with Crippen LogP contribution in [0.25, 0.3) is 10.4 Å². The summed E-state index contributed by atoms with van der Waals surface area (Å²) in [4.78, 5) is 25.5. The maximum atomic E-state index is 13.0. The molecule has 0 radical (unpaired) electrons. The van der Waals surface area contributed by atoms with Crippen LogP contribution in [0, 0.1) is 49.3 Å². The monoisotopic (exact) mass is 678 g/mol. The first kappa shape index (κ1) is 25.3. The van der Waals surface area contributed by atoms with Crippen LogP contribution in [0.5, 0.6) is 0 Å². The van der Waals surface area contributed by atoms with Gasteiger partial charge in [0.1, 0.15) is 0 Å². The standard InChI is InChI=1S/C25H23BN3O2S.U/c1-16-6-7-20(29-21-12-26(13-21)15-27)11-23(16)25(31)28-17(2)18-4-3-5-19(10-18)24-9-8-22(14-30)32-24;/h3-11,17,21,29H,12-13H2,1-2H3,(H,28,31);/q-1;. The summed E-state index contributed by atoms with van der Waals surface area (Å²) in [5.41, 5.74) is 4.45. The third-order valence-electron chi connectivity index (χ3n) is 5.90. The number of nitrogens with one attached hydrogen (secondary N) is 2. The van der Waals surface area contributed by atoms with Gasteiger partial charge >= 0.3 is 0 Å². The Morgan fingerprint density at radius 3 is 2.70 bits per heavy atom. The van der Waals surface area contributed by atoms with E-state index >= 15 is 0 Å². The molecule has 2 N–H and O–H groups in total. The van der Waals surface area contributed by atoms with Crippen LogP contribution in [-0.2, 0) is 4.79 Å². The Labute approximate surface area is 222 Å². The molecule has 164 valence electrons. The number of hydrogen-bond donors (Lipinski definition) is 2. The average molecular weight is 678 g/mol. The number of nitrogens with zero attached hydrogens (tertiary/aromatic N) is 1. The smallest absolute Gasteiger partial charge is 0.271 e. The minimum atomic E-state index is -0.182. The van der Waals surface area contributed by atoms with Crippen molar-refractivity contribution in [2.45, 2.75) is 38.6 Å². The fraction of sp³-hybridized carbons (Fsp3) is 0.240. The topological polar surface area (TPSA) is 82.0 Å². The van der Waals surface area contributed by atoms with Crippen molar-refractivity contribution in [3.05, 3.63) is 76.2 Å². The van der Waals surface area contributed by atoms with E-state index in [2.05, 4.69) is 16.6 Å². The van der Waals surface area contributed by atoms with Crippen LogP contribution in [0.15, 0.2) is 54.6 Å². The Kier molecular flexibility index (Phi) is 8.60. The number of thiophene rings is 1. The molecular weight excluding hydrogens is 655 g/mol. The number of nitriles is 1. The van der Waals surface area contributed by atoms with Gasteiger partial charge < -0.3 is 15.4 Å². The first-order chi connectivity index (χ1) is 15.5. The van der Waals surface area contributed by atoms with Crippen molar-refractivity contribution in [3.63, 3.8) is 0 Å². The van der Waals surface area contributed by atoms with Gasteiger partial charge in [0.2, 0.25) is 0 Å². The molecule has 0 saturated carbocycles. The van der Waals surface area contributed by atoms with Crippen molar-refractivity contribution in [2.24, 2.45) is 0 Å². The Morgan fingerprint density at radius 2 is 2.00 bits per heavy atom. The Morgan fingerprint density at radius 1 is 1.21 bits per heavy atom. The average Bonchev–Trinajstić information content (AvgIpc) is 3.26. The summed E-state index contributed by atoms with van der Waals surface area (Å²) >= 11 is 1.40.